The van der Waals surface area contributed by atoms with E-state index in [1.807, 2.05) is 0 Å². The summed E-state index contributed by atoms with van der Waals surface area (Å²) >= 11 is 0. The summed E-state index contributed by atoms with van der Waals surface area (Å²) in [5.41, 5.74) is 6.08. The Hall–Kier alpha value is -1.01. The van der Waals surface area contributed by atoms with Crippen molar-refractivity contribution in [1.29, 1.82) is 0 Å². The van der Waals surface area contributed by atoms with Crippen LogP contribution in [0.4, 0.5) is 8.78 Å². The summed E-state index contributed by atoms with van der Waals surface area (Å²) in [6, 6.07) is 2.54. The molecule has 6 heteroatoms. The van der Waals surface area contributed by atoms with Crippen LogP contribution < -0.4 is 5.73 Å². The van der Waals surface area contributed by atoms with E-state index >= 15 is 0 Å². The fourth-order valence-corrected chi connectivity index (χ4v) is 2.21. The van der Waals surface area contributed by atoms with Crippen molar-refractivity contribution in [2.24, 2.45) is 5.73 Å². The maximum Gasteiger partial charge on any atom is 0.147 e. The summed E-state index contributed by atoms with van der Waals surface area (Å²) in [5, 5.41) is 0. The topological polar surface area (TPSA) is 60.2 Å². The Bertz CT molecular complexity index is 468. The minimum Gasteiger partial charge on any atom is -0.324 e. The molecule has 0 saturated heterocycles. The van der Waals surface area contributed by atoms with Crippen LogP contribution in [0, 0.1) is 11.6 Å². The largest absolute Gasteiger partial charge is 0.324 e. The highest BCUT2D eigenvalue weighted by atomic mass is 32.2. The lowest BCUT2D eigenvalue weighted by molar-refractivity contribution is 0.562. The van der Waals surface area contributed by atoms with Gasteiger partial charge in [-0.25, -0.2) is 17.2 Å². The van der Waals surface area contributed by atoms with E-state index in [0.717, 1.165) is 24.5 Å². The van der Waals surface area contributed by atoms with Crippen LogP contribution in [0.3, 0.4) is 0 Å². The van der Waals surface area contributed by atoms with Crippen molar-refractivity contribution in [3.05, 3.63) is 35.4 Å². The van der Waals surface area contributed by atoms with E-state index in [2.05, 4.69) is 0 Å². The van der Waals surface area contributed by atoms with Crippen molar-refractivity contribution in [3.63, 3.8) is 0 Å². The lowest BCUT2D eigenvalue weighted by Crippen LogP contribution is -2.13. The van der Waals surface area contributed by atoms with E-state index in [1.165, 1.54) is 0 Å². The van der Waals surface area contributed by atoms with Crippen molar-refractivity contribution < 1.29 is 17.2 Å². The van der Waals surface area contributed by atoms with Gasteiger partial charge in [-0.1, -0.05) is 0 Å². The molecule has 0 fully saturated rings. The molecule has 0 saturated carbocycles. The van der Waals surface area contributed by atoms with Crippen molar-refractivity contribution in [2.45, 2.75) is 18.9 Å². The third kappa shape index (κ3) is 5.23. The predicted molar refractivity (Wildman–Crippen MR) is 62.2 cm³/mol. The molecule has 1 unspecified atom stereocenters. The molecule has 1 rings (SSSR count). The monoisotopic (exact) mass is 263 g/mol. The van der Waals surface area contributed by atoms with E-state index in [9.17, 15) is 17.2 Å². The molecule has 0 heterocycles. The van der Waals surface area contributed by atoms with Gasteiger partial charge in [0.25, 0.3) is 0 Å². The number of hydrogen-bond acceptors (Lipinski definition) is 3. The summed E-state index contributed by atoms with van der Waals surface area (Å²) < 4.78 is 47.6. The molecule has 0 aliphatic heterocycles. The molecule has 0 spiro atoms. The van der Waals surface area contributed by atoms with Gasteiger partial charge in [-0.3, -0.25) is 0 Å². The zero-order chi connectivity index (χ0) is 13.1. The zero-order valence-corrected chi connectivity index (χ0v) is 10.3. The summed E-state index contributed by atoms with van der Waals surface area (Å²) in [7, 11) is -3.02. The fraction of sp³-hybridized carbons (Fsp3) is 0.455. The average Bonchev–Trinajstić information content (AvgIpc) is 2.13. The van der Waals surface area contributed by atoms with Gasteiger partial charge < -0.3 is 5.73 Å². The minimum atomic E-state index is -3.02. The highest BCUT2D eigenvalue weighted by molar-refractivity contribution is 7.90. The standard InChI is InChI=1S/C11H15F2NO2S/c1-17(15,16)4-2-3-11(14)8-5-9(12)7-10(13)6-8/h5-7,11H,2-4,14H2,1H3. The second kappa shape index (κ2) is 5.55. The minimum absolute atomic E-state index is 0.0263. The summed E-state index contributed by atoms with van der Waals surface area (Å²) in [5.74, 6) is -1.34. The number of sulfone groups is 1. The lowest BCUT2D eigenvalue weighted by atomic mass is 10.0. The molecule has 0 aromatic heterocycles. The average molecular weight is 263 g/mol. The lowest BCUT2D eigenvalue weighted by Gasteiger charge is -2.11. The first-order valence-corrected chi connectivity index (χ1v) is 7.23. The van der Waals surface area contributed by atoms with Crippen LogP contribution in [0.25, 0.3) is 0 Å². The smallest absolute Gasteiger partial charge is 0.147 e. The quantitative estimate of drug-likeness (QED) is 0.881. The van der Waals surface area contributed by atoms with Gasteiger partial charge in [0.15, 0.2) is 0 Å². The van der Waals surface area contributed by atoms with Gasteiger partial charge in [-0.15, -0.1) is 0 Å². The SMILES string of the molecule is CS(=O)(=O)CCCC(N)c1cc(F)cc(F)c1. The number of hydrogen-bond donors (Lipinski definition) is 1. The van der Waals surface area contributed by atoms with Crippen LogP contribution in [0.5, 0.6) is 0 Å². The first-order valence-electron chi connectivity index (χ1n) is 5.17. The van der Waals surface area contributed by atoms with E-state index in [0.29, 0.717) is 18.4 Å². The van der Waals surface area contributed by atoms with Gasteiger partial charge in [0.2, 0.25) is 0 Å². The van der Waals surface area contributed by atoms with E-state index < -0.39 is 27.5 Å². The molecule has 0 aliphatic carbocycles. The maximum atomic E-state index is 12.9. The first-order chi connectivity index (χ1) is 7.78. The molecule has 96 valence electrons. The number of benzene rings is 1. The molecule has 3 nitrogen and oxygen atoms in total. The van der Waals surface area contributed by atoms with Crippen LogP contribution in [0.15, 0.2) is 18.2 Å². The van der Waals surface area contributed by atoms with Crippen molar-refractivity contribution >= 4 is 9.84 Å². The van der Waals surface area contributed by atoms with Crippen molar-refractivity contribution in [2.75, 3.05) is 12.0 Å². The molecule has 1 aromatic rings. The van der Waals surface area contributed by atoms with Crippen molar-refractivity contribution in [3.8, 4) is 0 Å². The summed E-state index contributed by atoms with van der Waals surface area (Å²) in [6.45, 7) is 0. The number of rotatable bonds is 5. The number of nitrogens with two attached hydrogens (primary N) is 1. The highest BCUT2D eigenvalue weighted by Crippen LogP contribution is 2.18. The van der Waals surface area contributed by atoms with E-state index in [4.69, 9.17) is 5.73 Å². The predicted octanol–water partition coefficient (Wildman–Crippen LogP) is 1.79. The van der Waals surface area contributed by atoms with Crippen LogP contribution in [-0.4, -0.2) is 20.4 Å². The molecule has 1 atom stereocenters. The number of halogens is 2. The van der Waals surface area contributed by atoms with Crippen LogP contribution in [0.1, 0.15) is 24.4 Å². The van der Waals surface area contributed by atoms with E-state index in [-0.39, 0.29) is 5.75 Å². The Morgan fingerprint density at radius 2 is 1.76 bits per heavy atom. The molecule has 0 aliphatic rings. The normalized spacial score (nSPS) is 13.6. The third-order valence-electron chi connectivity index (χ3n) is 2.34. The Morgan fingerprint density at radius 3 is 2.24 bits per heavy atom. The fourth-order valence-electron chi connectivity index (χ4n) is 1.52. The Kier molecular flexibility index (Phi) is 4.59. The van der Waals surface area contributed by atoms with Crippen molar-refractivity contribution in [1.82, 2.24) is 0 Å². The van der Waals surface area contributed by atoms with E-state index in [1.54, 1.807) is 0 Å². The van der Waals surface area contributed by atoms with Gasteiger partial charge in [0, 0.05) is 24.1 Å². The highest BCUT2D eigenvalue weighted by Gasteiger charge is 2.10. The Morgan fingerprint density at radius 1 is 1.24 bits per heavy atom. The zero-order valence-electron chi connectivity index (χ0n) is 9.49. The summed E-state index contributed by atoms with van der Waals surface area (Å²) in [6.07, 6.45) is 1.88. The van der Waals surface area contributed by atoms with Gasteiger partial charge in [-0.2, -0.15) is 0 Å². The molecule has 1 aromatic carbocycles. The Labute approximate surface area is 99.6 Å². The molecule has 0 bridgehead atoms. The van der Waals surface area contributed by atoms with Gasteiger partial charge >= 0.3 is 0 Å². The van der Waals surface area contributed by atoms with Crippen LogP contribution in [-0.2, 0) is 9.84 Å². The molecule has 2 N–H and O–H groups in total. The van der Waals surface area contributed by atoms with Gasteiger partial charge in [-0.05, 0) is 30.5 Å². The Balaban J connectivity index is 2.61. The molecular formula is C11H15F2NO2S. The second-order valence-corrected chi connectivity index (χ2v) is 6.34. The summed E-state index contributed by atoms with van der Waals surface area (Å²) in [4.78, 5) is 0. The molecule has 17 heavy (non-hydrogen) atoms. The molecular weight excluding hydrogens is 248 g/mol. The van der Waals surface area contributed by atoms with Gasteiger partial charge in [0.1, 0.15) is 21.5 Å². The van der Waals surface area contributed by atoms with Crippen LogP contribution in [0.2, 0.25) is 0 Å². The van der Waals surface area contributed by atoms with Crippen LogP contribution >= 0.6 is 0 Å². The van der Waals surface area contributed by atoms with Gasteiger partial charge in [0.05, 0.1) is 0 Å². The first kappa shape index (κ1) is 14.1. The molecule has 0 radical (unpaired) electrons. The maximum absolute atomic E-state index is 12.9. The third-order valence-corrected chi connectivity index (χ3v) is 3.37. The second-order valence-electron chi connectivity index (χ2n) is 4.08. The molecule has 0 amide bonds.